The molecule has 0 saturated heterocycles. The third-order valence-corrected chi connectivity index (χ3v) is 3.01. The zero-order valence-corrected chi connectivity index (χ0v) is 12.8. The highest BCUT2D eigenvalue weighted by Gasteiger charge is 2.13. The van der Waals surface area contributed by atoms with E-state index in [0.717, 1.165) is 0 Å². The van der Waals surface area contributed by atoms with Crippen LogP contribution in [0.3, 0.4) is 0 Å². The van der Waals surface area contributed by atoms with Gasteiger partial charge < -0.3 is 14.8 Å². The number of rotatable bonds is 5. The zero-order chi connectivity index (χ0) is 15.4. The van der Waals surface area contributed by atoms with Crippen molar-refractivity contribution in [3.63, 3.8) is 0 Å². The summed E-state index contributed by atoms with van der Waals surface area (Å²) in [5.74, 6) is 0.741. The van der Waals surface area contributed by atoms with Gasteiger partial charge in [-0.2, -0.15) is 4.98 Å². The molecule has 0 atom stereocenters. The quantitative estimate of drug-likeness (QED) is 0.909. The molecule has 0 aliphatic rings. The summed E-state index contributed by atoms with van der Waals surface area (Å²) in [7, 11) is 3.04. The van der Waals surface area contributed by atoms with E-state index in [1.54, 1.807) is 18.2 Å². The molecule has 0 saturated carbocycles. The average molecular weight is 331 g/mol. The molecule has 0 radical (unpaired) electrons. The predicted octanol–water partition coefficient (Wildman–Crippen LogP) is 2.24. The summed E-state index contributed by atoms with van der Waals surface area (Å²) < 4.78 is 11.5. The van der Waals surface area contributed by atoms with Crippen molar-refractivity contribution in [3.05, 3.63) is 28.8 Å². The lowest BCUT2D eigenvalue weighted by Gasteiger charge is -2.11. The number of anilines is 1. The molecule has 1 amide bonds. The summed E-state index contributed by atoms with van der Waals surface area (Å²) in [5, 5.41) is 6.49. The molecule has 7 nitrogen and oxygen atoms in total. The van der Waals surface area contributed by atoms with Gasteiger partial charge in [0.2, 0.25) is 16.5 Å². The Morgan fingerprint density at radius 2 is 2.10 bits per heavy atom. The van der Waals surface area contributed by atoms with Crippen LogP contribution in [0.5, 0.6) is 11.5 Å². The molecule has 0 aliphatic carbocycles. The van der Waals surface area contributed by atoms with Gasteiger partial charge in [0.25, 0.3) is 0 Å². The number of aromatic nitrogens is 3. The Hall–Kier alpha value is -1.99. The second-order valence-electron chi connectivity index (χ2n) is 3.92. The number of hydrogen-bond donors (Lipinski definition) is 1. The van der Waals surface area contributed by atoms with Crippen LogP contribution in [0.2, 0.25) is 10.6 Å². The fourth-order valence-corrected chi connectivity index (χ4v) is 2.03. The van der Waals surface area contributed by atoms with Crippen LogP contribution >= 0.6 is 23.2 Å². The van der Waals surface area contributed by atoms with Gasteiger partial charge in [0, 0.05) is 6.07 Å². The van der Waals surface area contributed by atoms with Gasteiger partial charge in [-0.25, -0.2) is 4.68 Å². The highest BCUT2D eigenvalue weighted by molar-refractivity contribution is 6.31. The maximum atomic E-state index is 12.0. The number of hydrogen-bond acceptors (Lipinski definition) is 5. The van der Waals surface area contributed by atoms with Gasteiger partial charge in [-0.15, -0.1) is 5.10 Å². The molecule has 0 aliphatic heterocycles. The van der Waals surface area contributed by atoms with E-state index in [1.807, 2.05) is 0 Å². The molecule has 112 valence electrons. The molecule has 0 fully saturated rings. The summed E-state index contributed by atoms with van der Waals surface area (Å²) in [6, 6.07) is 5.06. The van der Waals surface area contributed by atoms with Crippen molar-refractivity contribution < 1.29 is 14.3 Å². The molecule has 2 rings (SSSR count). The highest BCUT2D eigenvalue weighted by Crippen LogP contribution is 2.28. The average Bonchev–Trinajstić information content (AvgIpc) is 2.76. The zero-order valence-electron chi connectivity index (χ0n) is 11.3. The van der Waals surface area contributed by atoms with Crippen LogP contribution < -0.4 is 14.8 Å². The van der Waals surface area contributed by atoms with E-state index in [0.29, 0.717) is 17.2 Å². The Balaban J connectivity index is 2.13. The second kappa shape index (κ2) is 6.64. The molecule has 21 heavy (non-hydrogen) atoms. The fraction of sp³-hybridized carbons (Fsp3) is 0.250. The lowest BCUT2D eigenvalue weighted by Crippen LogP contribution is -2.20. The van der Waals surface area contributed by atoms with Crippen molar-refractivity contribution >= 4 is 34.8 Å². The van der Waals surface area contributed by atoms with Gasteiger partial charge in [-0.1, -0.05) is 0 Å². The third kappa shape index (κ3) is 3.77. The number of nitrogens with zero attached hydrogens (tertiary/aromatic N) is 3. The second-order valence-corrected chi connectivity index (χ2v) is 4.60. The maximum Gasteiger partial charge on any atom is 0.246 e. The third-order valence-electron chi connectivity index (χ3n) is 2.57. The topological polar surface area (TPSA) is 78.3 Å². The van der Waals surface area contributed by atoms with Crippen molar-refractivity contribution in [2.75, 3.05) is 19.5 Å². The molecular formula is C12H12Cl2N4O3. The first kappa shape index (κ1) is 15.4. The standard InChI is InChI=1S/C12H12Cl2N4O3/c1-20-7-3-4-9(21-2)8(5-7)15-10(19)6-18-12(14)16-11(13)17-18/h3-5H,6H2,1-2H3,(H,15,19). The lowest BCUT2D eigenvalue weighted by atomic mass is 10.2. The minimum Gasteiger partial charge on any atom is -0.497 e. The normalized spacial score (nSPS) is 10.3. The van der Waals surface area contributed by atoms with Crippen molar-refractivity contribution in [2.45, 2.75) is 6.54 Å². The molecule has 1 heterocycles. The van der Waals surface area contributed by atoms with Crippen LogP contribution in [0, 0.1) is 0 Å². The first-order valence-electron chi connectivity index (χ1n) is 5.81. The van der Waals surface area contributed by atoms with Crippen molar-refractivity contribution in [3.8, 4) is 11.5 Å². The maximum absolute atomic E-state index is 12.0. The largest absolute Gasteiger partial charge is 0.497 e. The number of ether oxygens (including phenoxy) is 2. The van der Waals surface area contributed by atoms with Crippen molar-refractivity contribution in [2.24, 2.45) is 0 Å². The fourth-order valence-electron chi connectivity index (χ4n) is 1.64. The molecule has 2 aromatic rings. The number of amides is 1. The van der Waals surface area contributed by atoms with Gasteiger partial charge in [-0.3, -0.25) is 4.79 Å². The molecule has 0 bridgehead atoms. The van der Waals surface area contributed by atoms with E-state index < -0.39 is 0 Å². The summed E-state index contributed by atoms with van der Waals surface area (Å²) >= 11 is 11.4. The van der Waals surface area contributed by atoms with Gasteiger partial charge >= 0.3 is 0 Å². The van der Waals surface area contributed by atoms with Crippen LogP contribution in [0.1, 0.15) is 0 Å². The lowest BCUT2D eigenvalue weighted by molar-refractivity contribution is -0.116. The van der Waals surface area contributed by atoms with E-state index in [4.69, 9.17) is 32.7 Å². The van der Waals surface area contributed by atoms with Crippen molar-refractivity contribution in [1.29, 1.82) is 0 Å². The number of carbonyl (C=O) groups is 1. The molecule has 0 spiro atoms. The first-order chi connectivity index (χ1) is 10.0. The van der Waals surface area contributed by atoms with E-state index in [1.165, 1.54) is 18.9 Å². The van der Waals surface area contributed by atoms with E-state index in [-0.39, 0.29) is 23.0 Å². The Kier molecular flexibility index (Phi) is 4.87. The predicted molar refractivity (Wildman–Crippen MR) is 78.2 cm³/mol. The molecule has 9 heteroatoms. The number of halogens is 2. The summed E-state index contributed by atoms with van der Waals surface area (Å²) in [6.45, 7) is -0.126. The summed E-state index contributed by atoms with van der Waals surface area (Å²) in [6.07, 6.45) is 0. The van der Waals surface area contributed by atoms with Gasteiger partial charge in [0.15, 0.2) is 0 Å². The van der Waals surface area contributed by atoms with Gasteiger partial charge in [0.1, 0.15) is 18.0 Å². The first-order valence-corrected chi connectivity index (χ1v) is 6.57. The van der Waals surface area contributed by atoms with Gasteiger partial charge in [-0.05, 0) is 35.3 Å². The van der Waals surface area contributed by atoms with E-state index in [2.05, 4.69) is 15.4 Å². The van der Waals surface area contributed by atoms with Crippen LogP contribution in [-0.2, 0) is 11.3 Å². The highest BCUT2D eigenvalue weighted by atomic mass is 35.5. The summed E-state index contributed by atoms with van der Waals surface area (Å²) in [4.78, 5) is 15.7. The van der Waals surface area contributed by atoms with Crippen LogP contribution in [0.25, 0.3) is 0 Å². The smallest absolute Gasteiger partial charge is 0.246 e. The minimum absolute atomic E-state index is 0.0215. The van der Waals surface area contributed by atoms with E-state index in [9.17, 15) is 4.79 Å². The molecule has 1 N–H and O–H groups in total. The Bertz CT molecular complexity index is 660. The Morgan fingerprint density at radius 1 is 1.33 bits per heavy atom. The number of benzene rings is 1. The summed E-state index contributed by atoms with van der Waals surface area (Å²) in [5.41, 5.74) is 0.476. The molecule has 1 aromatic carbocycles. The van der Waals surface area contributed by atoms with Crippen molar-refractivity contribution in [1.82, 2.24) is 14.8 Å². The number of carbonyl (C=O) groups excluding carboxylic acids is 1. The Labute approximate surface area is 130 Å². The molecular weight excluding hydrogens is 319 g/mol. The molecule has 1 aromatic heterocycles. The van der Waals surface area contributed by atoms with E-state index >= 15 is 0 Å². The Morgan fingerprint density at radius 3 is 2.67 bits per heavy atom. The van der Waals surface area contributed by atoms with Gasteiger partial charge in [0.05, 0.1) is 19.9 Å². The number of methoxy groups -OCH3 is 2. The minimum atomic E-state index is -0.356. The molecule has 0 unspecified atom stereocenters. The SMILES string of the molecule is COc1ccc(OC)c(NC(=O)Cn2nc(Cl)nc2Cl)c1. The van der Waals surface area contributed by atoms with Crippen LogP contribution in [0.15, 0.2) is 18.2 Å². The number of nitrogens with one attached hydrogen (secondary N) is 1. The van der Waals surface area contributed by atoms with Crippen LogP contribution in [-0.4, -0.2) is 34.9 Å². The monoisotopic (exact) mass is 330 g/mol. The van der Waals surface area contributed by atoms with Crippen LogP contribution in [0.4, 0.5) is 5.69 Å².